The summed E-state index contributed by atoms with van der Waals surface area (Å²) >= 11 is 0. The van der Waals surface area contributed by atoms with Crippen LogP contribution in [-0.4, -0.2) is 25.2 Å². The summed E-state index contributed by atoms with van der Waals surface area (Å²) in [7, 11) is 0. The largest absolute Gasteiger partial charge is 0.490 e. The van der Waals surface area contributed by atoms with Crippen molar-refractivity contribution in [1.29, 1.82) is 0 Å². The Morgan fingerprint density at radius 3 is 2.75 bits per heavy atom. The highest BCUT2D eigenvalue weighted by atomic mass is 16.6. The van der Waals surface area contributed by atoms with Crippen LogP contribution in [0, 0.1) is 0 Å². The fraction of sp³-hybridized carbons (Fsp3) is 0.650. The smallest absolute Gasteiger partial charge is 0.311 e. The number of unbranched alkanes of at least 4 members (excludes halogenated alkanes) is 3. The van der Waals surface area contributed by atoms with Gasteiger partial charge in [0.1, 0.15) is 0 Å². The molecule has 4 heteroatoms. The number of carbonyl (C=O) groups excluding carboxylic acids is 1. The van der Waals surface area contributed by atoms with Crippen molar-refractivity contribution in [2.75, 3.05) is 13.2 Å². The first-order valence-corrected chi connectivity index (χ1v) is 9.45. The van der Waals surface area contributed by atoms with Crippen LogP contribution < -0.4 is 14.8 Å². The summed E-state index contributed by atoms with van der Waals surface area (Å²) in [6, 6.07) is 8.00. The molecule has 1 fully saturated rings. The lowest BCUT2D eigenvalue weighted by Gasteiger charge is -2.23. The van der Waals surface area contributed by atoms with Crippen LogP contribution in [0.3, 0.4) is 0 Å². The Morgan fingerprint density at radius 2 is 2.00 bits per heavy atom. The van der Waals surface area contributed by atoms with Crippen molar-refractivity contribution in [2.24, 2.45) is 0 Å². The molecule has 1 N–H and O–H groups in total. The summed E-state index contributed by atoms with van der Waals surface area (Å²) in [6.45, 7) is 3.91. The van der Waals surface area contributed by atoms with E-state index in [1.807, 2.05) is 18.2 Å². The van der Waals surface area contributed by atoms with Crippen molar-refractivity contribution >= 4 is 5.97 Å². The van der Waals surface area contributed by atoms with E-state index in [1.165, 1.54) is 32.1 Å². The Balaban J connectivity index is 1.75. The van der Waals surface area contributed by atoms with Gasteiger partial charge < -0.3 is 14.8 Å². The van der Waals surface area contributed by atoms with Crippen LogP contribution in [0.4, 0.5) is 0 Å². The lowest BCUT2D eigenvalue weighted by molar-refractivity contribution is -0.134. The van der Waals surface area contributed by atoms with Crippen LogP contribution in [0.2, 0.25) is 0 Å². The molecule has 1 aromatic carbocycles. The molecule has 0 aromatic heterocycles. The number of benzene rings is 1. The molecule has 0 spiro atoms. The molecule has 1 saturated heterocycles. The maximum Gasteiger partial charge on any atom is 0.311 e. The van der Waals surface area contributed by atoms with E-state index < -0.39 is 0 Å². The zero-order chi connectivity index (χ0) is 17.0. The van der Waals surface area contributed by atoms with Gasteiger partial charge in [-0.15, -0.1) is 0 Å². The third-order valence-electron chi connectivity index (χ3n) is 4.44. The molecule has 1 aromatic rings. The van der Waals surface area contributed by atoms with E-state index in [0.717, 1.165) is 25.8 Å². The highest BCUT2D eigenvalue weighted by Crippen LogP contribution is 2.27. The molecule has 24 heavy (non-hydrogen) atoms. The Morgan fingerprint density at radius 1 is 1.17 bits per heavy atom. The van der Waals surface area contributed by atoms with Crippen molar-refractivity contribution in [3.8, 4) is 11.5 Å². The highest BCUT2D eigenvalue weighted by Gasteiger charge is 2.14. The van der Waals surface area contributed by atoms with Crippen LogP contribution in [-0.2, 0) is 4.79 Å². The Kier molecular flexibility index (Phi) is 8.67. The second-order valence-electron chi connectivity index (χ2n) is 6.52. The van der Waals surface area contributed by atoms with E-state index >= 15 is 0 Å². The van der Waals surface area contributed by atoms with Crippen LogP contribution in [0.15, 0.2) is 24.3 Å². The lowest BCUT2D eigenvalue weighted by atomic mass is 10.0. The average molecular weight is 333 g/mol. The molecule has 1 atom stereocenters. The molecule has 0 amide bonds. The summed E-state index contributed by atoms with van der Waals surface area (Å²) in [4.78, 5) is 12.0. The summed E-state index contributed by atoms with van der Waals surface area (Å²) in [5.41, 5.74) is 0. The quantitative estimate of drug-likeness (QED) is 0.390. The Labute approximate surface area is 145 Å². The van der Waals surface area contributed by atoms with Gasteiger partial charge in [0, 0.05) is 12.5 Å². The van der Waals surface area contributed by atoms with Gasteiger partial charge in [-0.3, -0.25) is 4.79 Å². The van der Waals surface area contributed by atoms with Gasteiger partial charge in [0.25, 0.3) is 0 Å². The van der Waals surface area contributed by atoms with Crippen molar-refractivity contribution in [1.82, 2.24) is 5.32 Å². The van der Waals surface area contributed by atoms with Crippen molar-refractivity contribution in [3.05, 3.63) is 24.3 Å². The van der Waals surface area contributed by atoms with Crippen LogP contribution in [0.1, 0.15) is 64.7 Å². The summed E-state index contributed by atoms with van der Waals surface area (Å²) in [5.74, 6) is 1.03. The lowest BCUT2D eigenvalue weighted by Crippen LogP contribution is -2.35. The van der Waals surface area contributed by atoms with Crippen molar-refractivity contribution in [3.63, 3.8) is 0 Å². The fourth-order valence-corrected chi connectivity index (χ4v) is 3.01. The van der Waals surface area contributed by atoms with Crippen molar-refractivity contribution < 1.29 is 14.3 Å². The molecule has 1 heterocycles. The second kappa shape index (κ2) is 11.1. The van der Waals surface area contributed by atoms with Crippen molar-refractivity contribution in [2.45, 2.75) is 70.8 Å². The molecule has 0 aliphatic carbocycles. The number of carbonyl (C=O) groups is 1. The minimum atomic E-state index is -0.170. The predicted octanol–water partition coefficient (Wildman–Crippen LogP) is 4.47. The van der Waals surface area contributed by atoms with Gasteiger partial charge in [-0.05, 0) is 44.4 Å². The monoisotopic (exact) mass is 333 g/mol. The van der Waals surface area contributed by atoms with Crippen LogP contribution >= 0.6 is 0 Å². The van der Waals surface area contributed by atoms with E-state index in [2.05, 4.69) is 12.2 Å². The highest BCUT2D eigenvalue weighted by molar-refractivity contribution is 5.73. The molecule has 2 rings (SSSR count). The van der Waals surface area contributed by atoms with Gasteiger partial charge in [0.2, 0.25) is 0 Å². The fourth-order valence-electron chi connectivity index (χ4n) is 3.01. The standard InChI is InChI=1S/C20H31NO3/c1-2-3-4-5-13-20(22)24-19-12-7-6-11-18(19)23-16-14-17-10-8-9-15-21-17/h6-7,11-12,17,21H,2-5,8-10,13-16H2,1H3. The number of ether oxygens (including phenoxy) is 2. The predicted molar refractivity (Wildman–Crippen MR) is 96.6 cm³/mol. The molecule has 0 bridgehead atoms. The third-order valence-corrected chi connectivity index (χ3v) is 4.44. The molecular weight excluding hydrogens is 302 g/mol. The summed E-state index contributed by atoms with van der Waals surface area (Å²) in [5, 5.41) is 3.52. The normalized spacial score (nSPS) is 17.5. The maximum atomic E-state index is 12.0. The van der Waals surface area contributed by atoms with E-state index in [0.29, 0.717) is 30.6 Å². The zero-order valence-electron chi connectivity index (χ0n) is 14.9. The molecule has 1 unspecified atom stereocenters. The molecule has 1 aliphatic heterocycles. The number of hydrogen-bond donors (Lipinski definition) is 1. The number of esters is 1. The van der Waals surface area contributed by atoms with Gasteiger partial charge in [0.05, 0.1) is 6.61 Å². The number of para-hydroxylation sites is 2. The number of hydrogen-bond acceptors (Lipinski definition) is 4. The summed E-state index contributed by atoms with van der Waals surface area (Å²) < 4.78 is 11.4. The van der Waals surface area contributed by atoms with Gasteiger partial charge in [-0.1, -0.05) is 44.7 Å². The third kappa shape index (κ3) is 6.91. The first-order chi connectivity index (χ1) is 11.8. The number of piperidine rings is 1. The molecule has 0 radical (unpaired) electrons. The Hall–Kier alpha value is -1.55. The first kappa shape index (κ1) is 18.8. The number of nitrogens with one attached hydrogen (secondary N) is 1. The summed E-state index contributed by atoms with van der Waals surface area (Å²) in [6.07, 6.45) is 9.56. The van der Waals surface area contributed by atoms with Crippen LogP contribution in [0.5, 0.6) is 11.5 Å². The van der Waals surface area contributed by atoms with Gasteiger partial charge in [-0.25, -0.2) is 0 Å². The number of rotatable bonds is 10. The van der Waals surface area contributed by atoms with E-state index in [4.69, 9.17) is 9.47 Å². The second-order valence-corrected chi connectivity index (χ2v) is 6.52. The minimum absolute atomic E-state index is 0.170. The zero-order valence-corrected chi connectivity index (χ0v) is 14.9. The van der Waals surface area contributed by atoms with E-state index in [-0.39, 0.29) is 5.97 Å². The van der Waals surface area contributed by atoms with Gasteiger partial charge >= 0.3 is 5.97 Å². The minimum Gasteiger partial charge on any atom is -0.490 e. The topological polar surface area (TPSA) is 47.6 Å². The van der Waals surface area contributed by atoms with E-state index in [9.17, 15) is 4.79 Å². The molecule has 0 saturated carbocycles. The SMILES string of the molecule is CCCCCCC(=O)Oc1ccccc1OCCC1CCCCN1. The molecule has 134 valence electrons. The van der Waals surface area contributed by atoms with Gasteiger partial charge in [-0.2, -0.15) is 0 Å². The average Bonchev–Trinajstić information content (AvgIpc) is 2.61. The molecular formula is C20H31NO3. The van der Waals surface area contributed by atoms with Crippen LogP contribution in [0.25, 0.3) is 0 Å². The molecule has 4 nitrogen and oxygen atoms in total. The van der Waals surface area contributed by atoms with E-state index in [1.54, 1.807) is 6.07 Å². The Bertz CT molecular complexity index is 484. The first-order valence-electron chi connectivity index (χ1n) is 9.45. The maximum absolute atomic E-state index is 12.0. The van der Waals surface area contributed by atoms with Gasteiger partial charge in [0.15, 0.2) is 11.5 Å². The molecule has 1 aliphatic rings.